The van der Waals surface area contributed by atoms with E-state index in [-0.39, 0.29) is 5.91 Å². The number of nitrogens with zero attached hydrogens (tertiary/aromatic N) is 1. The summed E-state index contributed by atoms with van der Waals surface area (Å²) in [6.45, 7) is 1.73. The first-order valence-corrected chi connectivity index (χ1v) is 3.08. The number of carbonyl (C=O) groups is 1. The lowest BCUT2D eigenvalue weighted by molar-refractivity contribution is -0.272. The largest absolute Gasteiger partial charge is 0.351 e. The van der Waals surface area contributed by atoms with Crippen molar-refractivity contribution in [2.75, 3.05) is 14.2 Å². The Hall–Kier alpha value is -0.610. The van der Waals surface area contributed by atoms with Crippen LogP contribution in [0.4, 0.5) is 0 Å². The van der Waals surface area contributed by atoms with Gasteiger partial charge in [0.1, 0.15) is 0 Å². The van der Waals surface area contributed by atoms with Crippen molar-refractivity contribution in [1.82, 2.24) is 5.06 Å². The van der Waals surface area contributed by atoms with Gasteiger partial charge in [-0.05, 0) is 6.92 Å². The Morgan fingerprint density at radius 2 is 2.40 bits per heavy atom. The number of hydroxylamine groups is 2. The summed E-state index contributed by atoms with van der Waals surface area (Å²) in [5.74, 6) is -0.796. The molecule has 0 bridgehead atoms. The second-order valence-corrected chi connectivity index (χ2v) is 2.50. The van der Waals surface area contributed by atoms with Crippen LogP contribution < -0.4 is 0 Å². The quantitative estimate of drug-likeness (QED) is 0.527. The molecule has 4 heteroatoms. The van der Waals surface area contributed by atoms with Crippen molar-refractivity contribution in [1.29, 1.82) is 0 Å². The van der Waals surface area contributed by atoms with Crippen molar-refractivity contribution in [2.45, 2.75) is 19.1 Å². The van der Waals surface area contributed by atoms with Gasteiger partial charge in [0, 0.05) is 14.2 Å². The van der Waals surface area contributed by atoms with Crippen molar-refractivity contribution in [3.05, 3.63) is 0 Å². The van der Waals surface area contributed by atoms with Crippen molar-refractivity contribution >= 4 is 5.91 Å². The van der Waals surface area contributed by atoms with Crippen LogP contribution in [0.5, 0.6) is 0 Å². The first-order chi connectivity index (χ1) is 4.57. The average molecular weight is 145 g/mol. The standard InChI is InChI=1S/C6H11NO3/c1-6(9-3)4-5(8)7(2)10-6/h4H2,1-3H3. The molecule has 1 heterocycles. The summed E-state index contributed by atoms with van der Waals surface area (Å²) in [7, 11) is 3.10. The highest BCUT2D eigenvalue weighted by Gasteiger charge is 2.39. The Balaban J connectivity index is 2.64. The molecule has 1 saturated heterocycles. The van der Waals surface area contributed by atoms with Crippen LogP contribution in [0.25, 0.3) is 0 Å². The Bertz CT molecular complexity index is 159. The number of methoxy groups -OCH3 is 1. The number of amides is 1. The van der Waals surface area contributed by atoms with Crippen LogP contribution in [-0.2, 0) is 14.4 Å². The van der Waals surface area contributed by atoms with Gasteiger partial charge in [-0.2, -0.15) is 0 Å². The zero-order chi connectivity index (χ0) is 7.78. The maximum absolute atomic E-state index is 10.9. The molecule has 1 fully saturated rings. The van der Waals surface area contributed by atoms with Crippen LogP contribution in [0, 0.1) is 0 Å². The van der Waals surface area contributed by atoms with Crippen LogP contribution in [-0.4, -0.2) is 30.9 Å². The van der Waals surface area contributed by atoms with E-state index in [0.29, 0.717) is 6.42 Å². The van der Waals surface area contributed by atoms with Gasteiger partial charge in [-0.3, -0.25) is 4.79 Å². The van der Waals surface area contributed by atoms with Gasteiger partial charge < -0.3 is 4.74 Å². The van der Waals surface area contributed by atoms with E-state index in [9.17, 15) is 4.79 Å². The summed E-state index contributed by atoms with van der Waals surface area (Å²) in [6, 6.07) is 0. The summed E-state index contributed by atoms with van der Waals surface area (Å²) < 4.78 is 4.95. The third-order valence-corrected chi connectivity index (χ3v) is 1.59. The van der Waals surface area contributed by atoms with Gasteiger partial charge in [0.15, 0.2) is 5.79 Å². The van der Waals surface area contributed by atoms with Crippen LogP contribution in [0.3, 0.4) is 0 Å². The van der Waals surface area contributed by atoms with Crippen molar-refractivity contribution in [3.63, 3.8) is 0 Å². The highest BCUT2D eigenvalue weighted by Crippen LogP contribution is 2.25. The number of hydrogen-bond acceptors (Lipinski definition) is 3. The molecule has 0 radical (unpaired) electrons. The van der Waals surface area contributed by atoms with E-state index in [1.807, 2.05) is 0 Å². The molecule has 1 amide bonds. The van der Waals surface area contributed by atoms with Gasteiger partial charge in [0.05, 0.1) is 6.42 Å². The average Bonchev–Trinajstić information content (AvgIpc) is 2.10. The Morgan fingerprint density at radius 3 is 2.60 bits per heavy atom. The summed E-state index contributed by atoms with van der Waals surface area (Å²) >= 11 is 0. The molecular formula is C6H11NO3. The molecule has 1 aliphatic rings. The molecule has 1 rings (SSSR count). The van der Waals surface area contributed by atoms with Crippen molar-refractivity contribution in [3.8, 4) is 0 Å². The third kappa shape index (κ3) is 1.12. The van der Waals surface area contributed by atoms with E-state index in [4.69, 9.17) is 9.57 Å². The van der Waals surface area contributed by atoms with Crippen LogP contribution in [0.2, 0.25) is 0 Å². The topological polar surface area (TPSA) is 38.8 Å². The van der Waals surface area contributed by atoms with Crippen LogP contribution in [0.1, 0.15) is 13.3 Å². The molecule has 0 aromatic heterocycles. The monoisotopic (exact) mass is 145 g/mol. The van der Waals surface area contributed by atoms with E-state index in [0.717, 1.165) is 0 Å². The maximum atomic E-state index is 10.9. The SMILES string of the molecule is COC1(C)CC(=O)N(C)O1. The second-order valence-electron chi connectivity index (χ2n) is 2.50. The van der Waals surface area contributed by atoms with Crippen molar-refractivity contribution in [2.24, 2.45) is 0 Å². The molecule has 0 aromatic carbocycles. The highest BCUT2D eigenvalue weighted by atomic mass is 16.8. The lowest BCUT2D eigenvalue weighted by Crippen LogP contribution is -2.27. The van der Waals surface area contributed by atoms with Gasteiger partial charge >= 0.3 is 0 Å². The molecule has 1 aliphatic heterocycles. The van der Waals surface area contributed by atoms with Crippen LogP contribution in [0.15, 0.2) is 0 Å². The molecular weight excluding hydrogens is 134 g/mol. The predicted octanol–water partition coefficient (Wildman–Crippen LogP) is 0.143. The van der Waals surface area contributed by atoms with Gasteiger partial charge in [0.2, 0.25) is 0 Å². The molecule has 10 heavy (non-hydrogen) atoms. The number of rotatable bonds is 1. The molecule has 1 unspecified atom stereocenters. The maximum Gasteiger partial charge on any atom is 0.251 e. The molecule has 0 aromatic rings. The van der Waals surface area contributed by atoms with E-state index in [1.165, 1.54) is 12.2 Å². The second kappa shape index (κ2) is 2.21. The smallest absolute Gasteiger partial charge is 0.251 e. The minimum absolute atomic E-state index is 0.0515. The molecule has 0 aliphatic carbocycles. The molecule has 58 valence electrons. The van der Waals surface area contributed by atoms with Gasteiger partial charge in [-0.15, -0.1) is 0 Å². The summed E-state index contributed by atoms with van der Waals surface area (Å²) in [5, 5.41) is 1.20. The first-order valence-electron chi connectivity index (χ1n) is 3.08. The predicted molar refractivity (Wildman–Crippen MR) is 33.9 cm³/mol. The van der Waals surface area contributed by atoms with Crippen LogP contribution >= 0.6 is 0 Å². The van der Waals surface area contributed by atoms with Gasteiger partial charge in [-0.1, -0.05) is 0 Å². The summed E-state index contributed by atoms with van der Waals surface area (Å²) in [4.78, 5) is 15.9. The summed E-state index contributed by atoms with van der Waals surface area (Å²) in [6.07, 6.45) is 0.292. The molecule has 0 spiro atoms. The lowest BCUT2D eigenvalue weighted by atomic mass is 10.2. The van der Waals surface area contributed by atoms with E-state index in [2.05, 4.69) is 0 Å². The Kier molecular flexibility index (Phi) is 1.66. The van der Waals surface area contributed by atoms with Crippen molar-refractivity contribution < 1.29 is 14.4 Å². The zero-order valence-corrected chi connectivity index (χ0v) is 6.38. The summed E-state index contributed by atoms with van der Waals surface area (Å²) in [5.41, 5.74) is 0. The fraction of sp³-hybridized carbons (Fsp3) is 0.833. The minimum atomic E-state index is -0.744. The highest BCUT2D eigenvalue weighted by molar-refractivity contribution is 5.77. The normalized spacial score (nSPS) is 33.5. The van der Waals surface area contributed by atoms with E-state index in [1.54, 1.807) is 14.0 Å². The minimum Gasteiger partial charge on any atom is -0.351 e. The van der Waals surface area contributed by atoms with E-state index < -0.39 is 5.79 Å². The van der Waals surface area contributed by atoms with Gasteiger partial charge in [0.25, 0.3) is 5.91 Å². The Labute approximate surface area is 59.7 Å². The number of carbonyl (C=O) groups excluding carboxylic acids is 1. The molecule has 0 saturated carbocycles. The fourth-order valence-electron chi connectivity index (χ4n) is 0.868. The molecule has 1 atom stereocenters. The molecule has 4 nitrogen and oxygen atoms in total. The first kappa shape index (κ1) is 7.50. The fourth-order valence-corrected chi connectivity index (χ4v) is 0.868. The Morgan fingerprint density at radius 1 is 1.80 bits per heavy atom. The van der Waals surface area contributed by atoms with Gasteiger partial charge in [-0.25, -0.2) is 9.90 Å². The number of ether oxygens (including phenoxy) is 1. The lowest BCUT2D eigenvalue weighted by Gasteiger charge is -2.19. The van der Waals surface area contributed by atoms with E-state index >= 15 is 0 Å². The molecule has 0 N–H and O–H groups in total. The zero-order valence-electron chi connectivity index (χ0n) is 6.38. The third-order valence-electron chi connectivity index (χ3n) is 1.59. The number of hydrogen-bond donors (Lipinski definition) is 0.